The minimum absolute atomic E-state index is 0.118. The van der Waals surface area contributed by atoms with Gasteiger partial charge in [-0.15, -0.1) is 0 Å². The molecule has 13 nitrogen and oxygen atoms in total. The van der Waals surface area contributed by atoms with Crippen molar-refractivity contribution in [2.24, 2.45) is 0 Å². The summed E-state index contributed by atoms with van der Waals surface area (Å²) in [6.07, 6.45) is 3.35. The average molecular weight is 832 g/mol. The van der Waals surface area contributed by atoms with Gasteiger partial charge < -0.3 is 40.6 Å². The van der Waals surface area contributed by atoms with E-state index in [0.717, 1.165) is 82.0 Å². The number of amides is 1. The molecule has 0 spiro atoms. The lowest BCUT2D eigenvalue weighted by atomic mass is 10.00. The Morgan fingerprint density at radius 1 is 0.895 bits per heavy atom. The first-order valence-electron chi connectivity index (χ1n) is 19.0. The molecule has 0 unspecified atom stereocenters. The number of aromatic hydroxyl groups is 1. The topological polar surface area (TPSA) is 162 Å². The highest BCUT2D eigenvalue weighted by molar-refractivity contribution is 9.10. The molecule has 0 atom stereocenters. The summed E-state index contributed by atoms with van der Waals surface area (Å²) in [5.74, 6) is 1.84. The van der Waals surface area contributed by atoms with Crippen molar-refractivity contribution in [2.75, 3.05) is 63.7 Å². The fourth-order valence-electron chi connectivity index (χ4n) is 7.29. The van der Waals surface area contributed by atoms with E-state index in [1.54, 1.807) is 18.2 Å². The molecule has 0 aliphatic carbocycles. The zero-order chi connectivity index (χ0) is 39.1. The van der Waals surface area contributed by atoms with E-state index in [1.807, 2.05) is 83.5 Å². The highest BCUT2D eigenvalue weighted by atomic mass is 79.9. The highest BCUT2D eigenvalue weighted by Gasteiger charge is 2.29. The molecular formula is C43H43BrN8O5. The zero-order valence-corrected chi connectivity index (χ0v) is 32.8. The summed E-state index contributed by atoms with van der Waals surface area (Å²) in [5, 5.41) is 22.3. The van der Waals surface area contributed by atoms with Gasteiger partial charge in [-0.1, -0.05) is 46.3 Å². The second-order valence-corrected chi connectivity index (χ2v) is 14.8. The summed E-state index contributed by atoms with van der Waals surface area (Å²) in [6, 6.07) is 30.2. The van der Waals surface area contributed by atoms with Gasteiger partial charge in [-0.2, -0.15) is 5.10 Å². The van der Waals surface area contributed by atoms with Crippen molar-refractivity contribution in [3.8, 4) is 28.5 Å². The molecular weight excluding hydrogens is 788 g/mol. The second kappa shape index (κ2) is 17.6. The van der Waals surface area contributed by atoms with Crippen molar-refractivity contribution in [3.05, 3.63) is 119 Å². The van der Waals surface area contributed by atoms with Crippen LogP contribution in [0.15, 0.2) is 108 Å². The van der Waals surface area contributed by atoms with E-state index in [0.29, 0.717) is 55.6 Å². The van der Waals surface area contributed by atoms with E-state index in [1.165, 1.54) is 6.33 Å². The van der Waals surface area contributed by atoms with Gasteiger partial charge in [0.15, 0.2) is 5.65 Å². The molecule has 292 valence electrons. The number of hydrogen-bond donors (Lipinski definition) is 4. The van der Waals surface area contributed by atoms with E-state index in [-0.39, 0.29) is 17.7 Å². The number of rotatable bonds is 15. The number of para-hydroxylation sites is 1. The van der Waals surface area contributed by atoms with Gasteiger partial charge in [0.1, 0.15) is 35.1 Å². The maximum atomic E-state index is 13.1. The molecule has 2 aromatic heterocycles. The molecule has 0 radical (unpaired) electrons. The van der Waals surface area contributed by atoms with Crippen molar-refractivity contribution in [2.45, 2.75) is 18.9 Å². The number of carbonyl (C=O) groups is 1. The standard InChI is InChI=1S/C43H43BrN8O5/c44-30-11-14-36-35(26-30)37(43(54)49-36)39(29-5-4-6-32(53)25-29)46-17-21-55-23-24-56-22-20-51-18-15-31(16-19-51)52-42-38(41(45)47-27-48-42)40(50-52)28-9-12-34(13-10-28)57-33-7-2-1-3-8-33/h1-14,25-27,31,46,53H,15-24H2,(H,49,54)(H2,45,47,48)/b39-37-. The Kier molecular flexibility index (Phi) is 11.7. The van der Waals surface area contributed by atoms with Crippen LogP contribution in [0.2, 0.25) is 0 Å². The predicted octanol–water partition coefficient (Wildman–Crippen LogP) is 7.12. The lowest BCUT2D eigenvalue weighted by molar-refractivity contribution is -0.110. The number of nitrogens with one attached hydrogen (secondary N) is 2. The SMILES string of the molecule is Nc1ncnc2c1c(-c1ccc(Oc3ccccc3)cc1)nn2C1CCN(CCOCCOCCN/C(=C2\C(=O)Nc3ccc(Br)cc32)c2cccc(O)c2)CC1. The number of likely N-dealkylation sites (tertiary alicyclic amines) is 1. The van der Waals surface area contributed by atoms with E-state index in [4.69, 9.17) is 25.0 Å². The summed E-state index contributed by atoms with van der Waals surface area (Å²) in [6.45, 7) is 5.04. The maximum absolute atomic E-state index is 13.1. The number of carbonyl (C=O) groups excluding carboxylic acids is 1. The fourth-order valence-corrected chi connectivity index (χ4v) is 7.65. The predicted molar refractivity (Wildman–Crippen MR) is 224 cm³/mol. The summed E-state index contributed by atoms with van der Waals surface area (Å²) in [7, 11) is 0. The molecule has 57 heavy (non-hydrogen) atoms. The van der Waals surface area contributed by atoms with Crippen molar-refractivity contribution < 1.29 is 24.1 Å². The van der Waals surface area contributed by atoms with Gasteiger partial charge in [0.05, 0.1) is 49.1 Å². The van der Waals surface area contributed by atoms with Crippen LogP contribution >= 0.6 is 15.9 Å². The van der Waals surface area contributed by atoms with Gasteiger partial charge in [-0.05, 0) is 79.6 Å². The quantitative estimate of drug-likeness (QED) is 0.0616. The lowest BCUT2D eigenvalue weighted by Crippen LogP contribution is -2.37. The zero-order valence-electron chi connectivity index (χ0n) is 31.2. The van der Waals surface area contributed by atoms with Crippen LogP contribution in [0, 0.1) is 0 Å². The third kappa shape index (κ3) is 8.79. The molecule has 0 bridgehead atoms. The van der Waals surface area contributed by atoms with Crippen LogP contribution in [0.25, 0.3) is 33.6 Å². The molecule has 4 heterocycles. The van der Waals surface area contributed by atoms with Crippen molar-refractivity contribution in [3.63, 3.8) is 0 Å². The van der Waals surface area contributed by atoms with E-state index in [2.05, 4.69) is 41.4 Å². The van der Waals surface area contributed by atoms with Gasteiger partial charge in [0, 0.05) is 53.0 Å². The Hall–Kier alpha value is -5.80. The van der Waals surface area contributed by atoms with Crippen molar-refractivity contribution >= 4 is 55.6 Å². The second-order valence-electron chi connectivity index (χ2n) is 13.9. The molecule has 2 aliphatic heterocycles. The molecule has 6 aromatic rings. The number of aromatic nitrogens is 4. The van der Waals surface area contributed by atoms with Crippen molar-refractivity contribution in [1.29, 1.82) is 0 Å². The number of nitrogen functional groups attached to an aromatic ring is 1. The number of fused-ring (bicyclic) bond motifs is 2. The number of piperidine rings is 1. The number of phenolic OH excluding ortho intramolecular Hbond substituents is 1. The minimum Gasteiger partial charge on any atom is -0.508 e. The van der Waals surface area contributed by atoms with Crippen molar-refractivity contribution in [1.82, 2.24) is 30.0 Å². The van der Waals surface area contributed by atoms with Crippen LogP contribution in [0.4, 0.5) is 11.5 Å². The monoisotopic (exact) mass is 830 g/mol. The Labute approximate surface area is 338 Å². The van der Waals surface area contributed by atoms with Gasteiger partial charge in [0.2, 0.25) is 0 Å². The number of hydrogen-bond acceptors (Lipinski definition) is 11. The number of anilines is 2. The molecule has 8 rings (SSSR count). The van der Waals surface area contributed by atoms with Gasteiger partial charge in [-0.3, -0.25) is 4.79 Å². The summed E-state index contributed by atoms with van der Waals surface area (Å²) < 4.78 is 20.7. The average Bonchev–Trinajstić information content (AvgIpc) is 3.77. The minimum atomic E-state index is -0.205. The van der Waals surface area contributed by atoms with Gasteiger partial charge in [-0.25, -0.2) is 14.6 Å². The Morgan fingerprint density at radius 2 is 1.67 bits per heavy atom. The van der Waals surface area contributed by atoms with Crippen LogP contribution in [0.3, 0.4) is 0 Å². The lowest BCUT2D eigenvalue weighted by Gasteiger charge is -2.32. The maximum Gasteiger partial charge on any atom is 0.258 e. The smallest absolute Gasteiger partial charge is 0.258 e. The third-order valence-electron chi connectivity index (χ3n) is 10.1. The van der Waals surface area contributed by atoms with Crippen LogP contribution in [0.1, 0.15) is 30.0 Å². The van der Waals surface area contributed by atoms with Crippen LogP contribution in [0.5, 0.6) is 17.2 Å². The largest absolute Gasteiger partial charge is 0.508 e. The fraction of sp³-hybridized carbons (Fsp3) is 0.256. The number of nitrogens with two attached hydrogens (primary N) is 1. The molecule has 0 saturated carbocycles. The van der Waals surface area contributed by atoms with E-state index >= 15 is 0 Å². The summed E-state index contributed by atoms with van der Waals surface area (Å²) in [4.78, 5) is 24.4. The molecule has 5 N–H and O–H groups in total. The van der Waals surface area contributed by atoms with Crippen LogP contribution < -0.4 is 21.1 Å². The summed E-state index contributed by atoms with van der Waals surface area (Å²) >= 11 is 3.52. The van der Waals surface area contributed by atoms with Crippen LogP contribution in [-0.2, 0) is 14.3 Å². The molecule has 1 saturated heterocycles. The Balaban J connectivity index is 0.793. The first kappa shape index (κ1) is 38.1. The third-order valence-corrected chi connectivity index (χ3v) is 10.6. The number of ether oxygens (including phenoxy) is 3. The molecule has 1 amide bonds. The summed E-state index contributed by atoms with van der Waals surface area (Å²) in [5.41, 5.74) is 12.2. The molecule has 2 aliphatic rings. The number of halogens is 1. The van der Waals surface area contributed by atoms with E-state index in [9.17, 15) is 9.90 Å². The normalized spacial score (nSPS) is 15.4. The highest BCUT2D eigenvalue weighted by Crippen LogP contribution is 2.39. The first-order chi connectivity index (χ1) is 27.9. The Morgan fingerprint density at radius 3 is 2.46 bits per heavy atom. The molecule has 4 aromatic carbocycles. The first-order valence-corrected chi connectivity index (χ1v) is 19.8. The number of benzene rings is 4. The van der Waals surface area contributed by atoms with E-state index < -0.39 is 0 Å². The molecule has 14 heteroatoms. The Bertz CT molecular complexity index is 2380. The molecule has 1 fully saturated rings. The van der Waals surface area contributed by atoms with Crippen LogP contribution in [-0.4, -0.2) is 88.3 Å². The number of phenols is 1. The van der Waals surface area contributed by atoms with Gasteiger partial charge in [0.25, 0.3) is 5.91 Å². The number of nitrogens with zero attached hydrogens (tertiary/aromatic N) is 5. The van der Waals surface area contributed by atoms with Gasteiger partial charge >= 0.3 is 0 Å².